The minimum atomic E-state index is -1.43. The lowest BCUT2D eigenvalue weighted by molar-refractivity contribution is -0.254. The third-order valence-electron chi connectivity index (χ3n) is 5.11. The molecule has 0 saturated heterocycles. The fraction of sp³-hybridized carbons (Fsp3) is 0.125. The summed E-state index contributed by atoms with van der Waals surface area (Å²) in [5.74, 6) is -0.641. The number of carboxylic acid groups (broad SMARTS) is 1. The Morgan fingerprint density at radius 1 is 1.08 bits per heavy atom. The van der Waals surface area contributed by atoms with E-state index in [0.29, 0.717) is 17.3 Å². The van der Waals surface area contributed by atoms with Gasteiger partial charge in [-0.2, -0.15) is 0 Å². The number of halogens is 1. The van der Waals surface area contributed by atoms with E-state index in [1.165, 1.54) is 17.7 Å². The monoisotopic (exact) mass is 524 g/mol. The van der Waals surface area contributed by atoms with Gasteiger partial charge in [-0.25, -0.2) is 4.79 Å². The van der Waals surface area contributed by atoms with Crippen LogP contribution in [0.5, 0.6) is 5.75 Å². The molecule has 12 heteroatoms. The van der Waals surface area contributed by atoms with Gasteiger partial charge >= 0.3 is 6.03 Å². The Labute approximate surface area is 214 Å². The molecule has 0 aliphatic rings. The summed E-state index contributed by atoms with van der Waals surface area (Å²) in [7, 11) is 1.52. The fourth-order valence-corrected chi connectivity index (χ4v) is 4.70. The number of methoxy groups -OCH3 is 1. The number of carbonyl (C=O) groups excluding carboxylic acids is 3. The van der Waals surface area contributed by atoms with Crippen molar-refractivity contribution in [3.05, 3.63) is 87.3 Å². The first-order chi connectivity index (χ1) is 17.3. The first-order valence-corrected chi connectivity index (χ1v) is 11.7. The number of ether oxygens (including phenoxy) is 1. The summed E-state index contributed by atoms with van der Waals surface area (Å²) in [5.41, 5.74) is 0.831. The summed E-state index contributed by atoms with van der Waals surface area (Å²) in [6, 6.07) is 14.0. The molecule has 2 aromatic heterocycles. The van der Waals surface area contributed by atoms with E-state index < -0.39 is 17.8 Å². The number of hydrogen-bond donors (Lipinski definition) is 2. The molecule has 0 bridgehead atoms. The Bertz CT molecular complexity index is 1460. The minimum absolute atomic E-state index is 0.0606. The average Bonchev–Trinajstić information content (AvgIpc) is 3.46. The van der Waals surface area contributed by atoms with Crippen LogP contribution >= 0.6 is 22.9 Å². The Balaban J connectivity index is 1.63. The van der Waals surface area contributed by atoms with E-state index in [4.69, 9.17) is 16.3 Å². The Morgan fingerprint density at radius 2 is 1.86 bits per heavy atom. The van der Waals surface area contributed by atoms with Crippen LogP contribution in [0.2, 0.25) is 5.02 Å². The average molecular weight is 525 g/mol. The maximum atomic E-state index is 13.3. The van der Waals surface area contributed by atoms with E-state index in [2.05, 4.69) is 20.8 Å². The van der Waals surface area contributed by atoms with Crippen molar-refractivity contribution < 1.29 is 24.2 Å². The molecule has 10 nitrogen and oxygen atoms in total. The zero-order valence-electron chi connectivity index (χ0n) is 19.1. The van der Waals surface area contributed by atoms with E-state index >= 15 is 0 Å². The Kier molecular flexibility index (Phi) is 7.32. The summed E-state index contributed by atoms with van der Waals surface area (Å²) in [4.78, 5) is 37.3. The van der Waals surface area contributed by atoms with E-state index in [0.717, 1.165) is 11.3 Å². The number of aromatic nitrogens is 3. The van der Waals surface area contributed by atoms with E-state index in [1.807, 2.05) is 0 Å². The van der Waals surface area contributed by atoms with Gasteiger partial charge in [0.2, 0.25) is 0 Å². The minimum Gasteiger partial charge on any atom is -0.544 e. The molecule has 0 spiro atoms. The van der Waals surface area contributed by atoms with Gasteiger partial charge in [0.25, 0.3) is 0 Å². The molecule has 0 aliphatic heterocycles. The molecular weight excluding hydrogens is 506 g/mol. The van der Waals surface area contributed by atoms with Crippen molar-refractivity contribution in [1.29, 1.82) is 0 Å². The molecule has 0 radical (unpaired) electrons. The van der Waals surface area contributed by atoms with Gasteiger partial charge in [-0.1, -0.05) is 29.8 Å². The van der Waals surface area contributed by atoms with Crippen LogP contribution in [0.4, 0.5) is 10.5 Å². The summed E-state index contributed by atoms with van der Waals surface area (Å²) in [6.07, 6.45) is 0. The highest BCUT2D eigenvalue weighted by molar-refractivity contribution is 7.16. The first kappa shape index (κ1) is 24.9. The molecule has 2 heterocycles. The number of rotatable bonds is 8. The van der Waals surface area contributed by atoms with E-state index in [1.54, 1.807) is 55.5 Å². The number of hydrogen-bond acceptors (Lipinski definition) is 8. The number of anilines is 1. The molecule has 184 valence electrons. The van der Waals surface area contributed by atoms with E-state index in [-0.39, 0.29) is 38.4 Å². The molecule has 0 fully saturated rings. The number of carboxylic acids is 1. The predicted octanol–water partition coefficient (Wildman–Crippen LogP) is 3.22. The number of urea groups is 1. The molecule has 0 atom stereocenters. The summed E-state index contributed by atoms with van der Waals surface area (Å²) in [6.45, 7) is 1.59. The van der Waals surface area contributed by atoms with Crippen LogP contribution in [0.15, 0.2) is 54.6 Å². The number of thiophene rings is 1. The molecule has 36 heavy (non-hydrogen) atoms. The zero-order chi connectivity index (χ0) is 25.8. The number of aromatic carboxylic acids is 1. The highest BCUT2D eigenvalue weighted by atomic mass is 35.5. The molecule has 2 amide bonds. The van der Waals surface area contributed by atoms with Gasteiger partial charge in [-0.15, -0.1) is 21.5 Å². The second-order valence-electron chi connectivity index (χ2n) is 7.46. The normalized spacial score (nSPS) is 10.6. The summed E-state index contributed by atoms with van der Waals surface area (Å²) < 4.78 is 6.67. The predicted molar refractivity (Wildman–Crippen MR) is 132 cm³/mol. The van der Waals surface area contributed by atoms with Gasteiger partial charge in [-0.3, -0.25) is 9.36 Å². The van der Waals surface area contributed by atoms with Crippen molar-refractivity contribution in [3.63, 3.8) is 0 Å². The molecule has 2 N–H and O–H groups in total. The molecule has 4 aromatic rings. The highest BCUT2D eigenvalue weighted by Crippen LogP contribution is 2.31. The number of ketones is 1. The molecule has 0 saturated carbocycles. The maximum Gasteiger partial charge on any atom is 0.319 e. The third-order valence-corrected chi connectivity index (χ3v) is 6.54. The molecule has 0 aliphatic carbocycles. The largest absolute Gasteiger partial charge is 0.544 e. The summed E-state index contributed by atoms with van der Waals surface area (Å²) in [5, 5.41) is 25.6. The number of amides is 2. The lowest BCUT2D eigenvalue weighted by atomic mass is 10.0. The molecular formula is C24H19ClN5O5S-. The van der Waals surface area contributed by atoms with Gasteiger partial charge in [0.15, 0.2) is 11.6 Å². The van der Waals surface area contributed by atoms with Crippen molar-refractivity contribution in [1.82, 2.24) is 20.1 Å². The summed E-state index contributed by atoms with van der Waals surface area (Å²) >= 11 is 7.05. The van der Waals surface area contributed by atoms with Gasteiger partial charge in [0.1, 0.15) is 16.6 Å². The van der Waals surface area contributed by atoms with Gasteiger partial charge in [0, 0.05) is 17.3 Å². The standard InChI is InChI=1S/C24H20ClN5O5S/c1-13-28-29-20(12-26-24(34)27-14-6-5-7-15(10-14)35-2)30(13)22-17(11-19(36-22)23(32)33)21(31)16-8-3-4-9-18(16)25/h3-11H,12H2,1-2H3,(H,32,33)(H2,26,27,34)/p-1. The van der Waals surface area contributed by atoms with Gasteiger partial charge in [-0.05, 0) is 37.3 Å². The van der Waals surface area contributed by atoms with Crippen LogP contribution in [0, 0.1) is 6.92 Å². The van der Waals surface area contributed by atoms with Crippen molar-refractivity contribution in [2.45, 2.75) is 13.5 Å². The maximum absolute atomic E-state index is 13.3. The fourth-order valence-electron chi connectivity index (χ4n) is 3.42. The lowest BCUT2D eigenvalue weighted by Crippen LogP contribution is -2.29. The number of nitrogens with zero attached hydrogens (tertiary/aromatic N) is 3. The topological polar surface area (TPSA) is 138 Å². The molecule has 2 aromatic carbocycles. The molecule has 0 unspecified atom stereocenters. The van der Waals surface area contributed by atoms with Crippen molar-refractivity contribution in [2.75, 3.05) is 12.4 Å². The van der Waals surface area contributed by atoms with Gasteiger partial charge < -0.3 is 25.3 Å². The van der Waals surface area contributed by atoms with Crippen LogP contribution in [0.3, 0.4) is 0 Å². The van der Waals surface area contributed by atoms with E-state index in [9.17, 15) is 19.5 Å². The number of nitrogens with one attached hydrogen (secondary N) is 2. The lowest BCUT2D eigenvalue weighted by Gasteiger charge is -2.11. The number of aryl methyl sites for hydroxylation is 1. The number of benzene rings is 2. The quantitative estimate of drug-likeness (QED) is 0.337. The number of carbonyl (C=O) groups is 3. The first-order valence-electron chi connectivity index (χ1n) is 10.5. The van der Waals surface area contributed by atoms with Gasteiger partial charge in [0.05, 0.1) is 35.1 Å². The molecule has 4 rings (SSSR count). The van der Waals surface area contributed by atoms with Crippen molar-refractivity contribution in [2.24, 2.45) is 0 Å². The zero-order valence-corrected chi connectivity index (χ0v) is 20.6. The Morgan fingerprint density at radius 3 is 2.58 bits per heavy atom. The van der Waals surface area contributed by atoms with Crippen LogP contribution in [-0.4, -0.2) is 39.7 Å². The van der Waals surface area contributed by atoms with Crippen molar-refractivity contribution in [3.8, 4) is 10.8 Å². The highest BCUT2D eigenvalue weighted by Gasteiger charge is 2.24. The van der Waals surface area contributed by atoms with Crippen LogP contribution < -0.4 is 20.5 Å². The van der Waals surface area contributed by atoms with Crippen LogP contribution in [0.1, 0.15) is 37.2 Å². The SMILES string of the molecule is COc1cccc(NC(=O)NCc2nnc(C)n2-c2sc(C(=O)[O-])cc2C(=O)c2ccccc2Cl)c1. The van der Waals surface area contributed by atoms with Crippen LogP contribution in [-0.2, 0) is 6.54 Å². The second kappa shape index (κ2) is 10.6. The smallest absolute Gasteiger partial charge is 0.319 e. The van der Waals surface area contributed by atoms with Crippen molar-refractivity contribution >= 4 is 46.4 Å². The van der Waals surface area contributed by atoms with Crippen LogP contribution in [0.25, 0.3) is 5.00 Å². The third kappa shape index (κ3) is 5.21. The Hall–Kier alpha value is -4.22. The second-order valence-corrected chi connectivity index (χ2v) is 8.90.